The zero-order valence-corrected chi connectivity index (χ0v) is 8.21. The minimum Gasteiger partial charge on any atom is -0.370 e. The molecule has 2 heteroatoms. The zero-order valence-electron chi connectivity index (χ0n) is 8.21. The second-order valence-corrected chi connectivity index (χ2v) is 4.76. The van der Waals surface area contributed by atoms with Gasteiger partial charge >= 0.3 is 0 Å². The molecule has 2 nitrogen and oxygen atoms in total. The van der Waals surface area contributed by atoms with E-state index in [0.29, 0.717) is 6.10 Å². The summed E-state index contributed by atoms with van der Waals surface area (Å²) in [6.45, 7) is 6.44. The smallest absolute Gasteiger partial charge is 0.0783 e. The molecule has 1 heterocycles. The Labute approximate surface area is 74.5 Å². The lowest BCUT2D eigenvalue weighted by molar-refractivity contribution is -0.124. The van der Waals surface area contributed by atoms with Crippen molar-refractivity contribution < 1.29 is 4.74 Å². The second-order valence-electron chi connectivity index (χ2n) is 4.76. The summed E-state index contributed by atoms with van der Waals surface area (Å²) in [7, 11) is 0. The molecule has 4 unspecified atom stereocenters. The number of ether oxygens (including phenoxy) is 1. The first kappa shape index (κ1) is 8.52. The van der Waals surface area contributed by atoms with Gasteiger partial charge < -0.3 is 10.5 Å². The van der Waals surface area contributed by atoms with Crippen LogP contribution >= 0.6 is 0 Å². The monoisotopic (exact) mass is 169 g/mol. The molecule has 0 aromatic rings. The van der Waals surface area contributed by atoms with E-state index in [1.807, 2.05) is 0 Å². The molecule has 0 aromatic heterocycles. The topological polar surface area (TPSA) is 35.2 Å². The van der Waals surface area contributed by atoms with Crippen molar-refractivity contribution in [2.75, 3.05) is 0 Å². The van der Waals surface area contributed by atoms with Crippen LogP contribution in [-0.2, 0) is 4.74 Å². The number of hydrogen-bond donors (Lipinski definition) is 1. The predicted octanol–water partition coefficient (Wildman–Crippen LogP) is 1.54. The lowest BCUT2D eigenvalue weighted by atomic mass is 9.89. The van der Waals surface area contributed by atoms with Crippen molar-refractivity contribution in [3.8, 4) is 0 Å². The van der Waals surface area contributed by atoms with Crippen LogP contribution in [0.25, 0.3) is 0 Å². The maximum Gasteiger partial charge on any atom is 0.0783 e. The fraction of sp³-hybridized carbons (Fsp3) is 1.00. The van der Waals surface area contributed by atoms with Crippen molar-refractivity contribution in [2.45, 2.75) is 51.4 Å². The highest BCUT2D eigenvalue weighted by atomic mass is 16.5. The van der Waals surface area contributed by atoms with E-state index >= 15 is 0 Å². The average molecular weight is 169 g/mol. The fourth-order valence-corrected chi connectivity index (χ4v) is 2.53. The van der Waals surface area contributed by atoms with Crippen LogP contribution in [0, 0.1) is 11.8 Å². The van der Waals surface area contributed by atoms with Crippen LogP contribution in [0.1, 0.15) is 33.6 Å². The van der Waals surface area contributed by atoms with Crippen LogP contribution in [0.2, 0.25) is 0 Å². The maximum absolute atomic E-state index is 6.09. The van der Waals surface area contributed by atoms with Crippen LogP contribution in [0.15, 0.2) is 0 Å². The number of nitrogens with two attached hydrogens (primary N) is 1. The molecule has 2 N–H and O–H groups in total. The molecular weight excluding hydrogens is 150 g/mol. The van der Waals surface area contributed by atoms with Crippen molar-refractivity contribution in [1.82, 2.24) is 0 Å². The molecule has 70 valence electrons. The van der Waals surface area contributed by atoms with Crippen molar-refractivity contribution in [2.24, 2.45) is 17.6 Å². The van der Waals surface area contributed by atoms with Gasteiger partial charge in [-0.2, -0.15) is 0 Å². The predicted molar refractivity (Wildman–Crippen MR) is 48.8 cm³/mol. The lowest BCUT2D eigenvalue weighted by Gasteiger charge is -2.40. The Balaban J connectivity index is 2.11. The maximum atomic E-state index is 6.09. The minimum absolute atomic E-state index is 0.0989. The summed E-state index contributed by atoms with van der Waals surface area (Å²) in [5, 5.41) is 0. The summed E-state index contributed by atoms with van der Waals surface area (Å²) in [6.07, 6.45) is 2.91. The summed E-state index contributed by atoms with van der Waals surface area (Å²) in [4.78, 5) is 0. The number of fused-ring (bicyclic) bond motifs is 1. The SMILES string of the molecule is CCC1OC(C)(C)C(N)C2CC12. The van der Waals surface area contributed by atoms with E-state index in [1.54, 1.807) is 0 Å². The molecule has 0 aromatic carbocycles. The Bertz CT molecular complexity index is 190. The molecule has 1 aliphatic carbocycles. The quantitative estimate of drug-likeness (QED) is 0.646. The Kier molecular flexibility index (Phi) is 1.74. The molecule has 12 heavy (non-hydrogen) atoms. The molecule has 1 aliphatic heterocycles. The summed E-state index contributed by atoms with van der Waals surface area (Å²) >= 11 is 0. The molecule has 0 bridgehead atoms. The first-order valence-electron chi connectivity index (χ1n) is 4.99. The summed E-state index contributed by atoms with van der Waals surface area (Å²) in [5.74, 6) is 1.52. The third-order valence-corrected chi connectivity index (χ3v) is 3.49. The van der Waals surface area contributed by atoms with Crippen LogP contribution in [0.5, 0.6) is 0 Å². The van der Waals surface area contributed by atoms with Gasteiger partial charge in [0.2, 0.25) is 0 Å². The van der Waals surface area contributed by atoms with Gasteiger partial charge in [-0.05, 0) is 38.5 Å². The van der Waals surface area contributed by atoms with E-state index < -0.39 is 0 Å². The van der Waals surface area contributed by atoms with Gasteiger partial charge in [0.05, 0.1) is 11.7 Å². The standard InChI is InChI=1S/C10H19NO/c1-4-8-6-5-7(6)9(11)10(2,3)12-8/h6-9H,4-5,11H2,1-3H3. The Morgan fingerprint density at radius 2 is 2.08 bits per heavy atom. The molecule has 0 spiro atoms. The van der Waals surface area contributed by atoms with Gasteiger partial charge in [-0.15, -0.1) is 0 Å². The molecule has 1 saturated heterocycles. The molecule has 2 fully saturated rings. The summed E-state index contributed by atoms with van der Waals surface area (Å²) in [6, 6.07) is 0.255. The van der Waals surface area contributed by atoms with Crippen LogP contribution in [0.4, 0.5) is 0 Å². The lowest BCUT2D eigenvalue weighted by Crippen LogP contribution is -2.53. The second kappa shape index (κ2) is 2.46. The third-order valence-electron chi connectivity index (χ3n) is 3.49. The highest BCUT2D eigenvalue weighted by Crippen LogP contribution is 2.52. The van der Waals surface area contributed by atoms with Crippen molar-refractivity contribution in [3.63, 3.8) is 0 Å². The van der Waals surface area contributed by atoms with Gasteiger partial charge in [-0.1, -0.05) is 6.92 Å². The highest BCUT2D eigenvalue weighted by molar-refractivity contribution is 5.07. The average Bonchev–Trinajstić information content (AvgIpc) is 2.76. The molecule has 2 rings (SSSR count). The third kappa shape index (κ3) is 1.09. The zero-order chi connectivity index (χ0) is 8.93. The van der Waals surface area contributed by atoms with Gasteiger partial charge in [-0.3, -0.25) is 0 Å². The van der Waals surface area contributed by atoms with Crippen LogP contribution in [0.3, 0.4) is 0 Å². The molecule has 4 atom stereocenters. The van der Waals surface area contributed by atoms with Crippen molar-refractivity contribution in [1.29, 1.82) is 0 Å². The molecule has 0 amide bonds. The van der Waals surface area contributed by atoms with Crippen molar-refractivity contribution in [3.05, 3.63) is 0 Å². The Morgan fingerprint density at radius 1 is 1.42 bits per heavy atom. The number of rotatable bonds is 1. The summed E-state index contributed by atoms with van der Waals surface area (Å²) < 4.78 is 5.96. The van der Waals surface area contributed by atoms with E-state index in [4.69, 9.17) is 10.5 Å². The van der Waals surface area contributed by atoms with Crippen LogP contribution in [-0.4, -0.2) is 17.7 Å². The normalized spacial score (nSPS) is 50.0. The van der Waals surface area contributed by atoms with E-state index in [0.717, 1.165) is 18.3 Å². The highest BCUT2D eigenvalue weighted by Gasteiger charge is 2.56. The van der Waals surface area contributed by atoms with Gasteiger partial charge in [0.1, 0.15) is 0 Å². The largest absolute Gasteiger partial charge is 0.370 e. The van der Waals surface area contributed by atoms with Crippen molar-refractivity contribution >= 4 is 0 Å². The number of hydrogen-bond acceptors (Lipinski definition) is 2. The fourth-order valence-electron chi connectivity index (χ4n) is 2.53. The van der Waals surface area contributed by atoms with E-state index in [9.17, 15) is 0 Å². The van der Waals surface area contributed by atoms with E-state index in [-0.39, 0.29) is 11.6 Å². The van der Waals surface area contributed by atoms with Gasteiger partial charge in [0, 0.05) is 6.04 Å². The molecule has 0 radical (unpaired) electrons. The van der Waals surface area contributed by atoms with Gasteiger partial charge in [0.25, 0.3) is 0 Å². The molecule has 2 aliphatic rings. The molecule has 1 saturated carbocycles. The van der Waals surface area contributed by atoms with E-state index in [2.05, 4.69) is 20.8 Å². The first-order chi connectivity index (χ1) is 5.56. The first-order valence-corrected chi connectivity index (χ1v) is 4.99. The van der Waals surface area contributed by atoms with Gasteiger partial charge in [-0.25, -0.2) is 0 Å². The van der Waals surface area contributed by atoms with Gasteiger partial charge in [0.15, 0.2) is 0 Å². The van der Waals surface area contributed by atoms with E-state index in [1.165, 1.54) is 6.42 Å². The Morgan fingerprint density at radius 3 is 2.67 bits per heavy atom. The van der Waals surface area contributed by atoms with Crippen LogP contribution < -0.4 is 5.73 Å². The minimum atomic E-state index is -0.0989. The molecular formula is C10H19NO. The summed E-state index contributed by atoms with van der Waals surface area (Å²) in [5.41, 5.74) is 5.99. The Hall–Kier alpha value is -0.0800.